The first-order valence-electron chi connectivity index (χ1n) is 7.38. The number of nitrogens with one attached hydrogen (secondary N) is 3. The number of nitrogens with two attached hydrogens (primary N) is 1. The molecule has 0 aliphatic heterocycles. The van der Waals surface area contributed by atoms with Crippen LogP contribution in [-0.4, -0.2) is 28.5 Å². The van der Waals surface area contributed by atoms with Crippen LogP contribution in [0.15, 0.2) is 10.9 Å². The second kappa shape index (κ2) is 9.54. The van der Waals surface area contributed by atoms with E-state index < -0.39 is 6.03 Å². The first-order valence-corrected chi connectivity index (χ1v) is 7.38. The maximum atomic E-state index is 11.6. The van der Waals surface area contributed by atoms with Gasteiger partial charge in [0.05, 0.1) is 0 Å². The molecule has 1 rings (SSSR count). The monoisotopic (exact) mass is 309 g/mol. The molecule has 8 nitrogen and oxygen atoms in total. The number of carbonyl (C=O) groups is 2. The van der Waals surface area contributed by atoms with Crippen molar-refractivity contribution in [3.8, 4) is 0 Å². The van der Waals surface area contributed by atoms with Gasteiger partial charge in [0.1, 0.15) is 0 Å². The number of hydrogen-bond donors (Lipinski definition) is 4. The predicted molar refractivity (Wildman–Crippen MR) is 83.5 cm³/mol. The van der Waals surface area contributed by atoms with E-state index in [4.69, 9.17) is 5.73 Å². The molecule has 0 radical (unpaired) electrons. The number of unbranched alkanes of at least 4 members (excludes halogenated alkanes) is 4. The number of carbonyl (C=O) groups excluding carboxylic acids is 2. The highest BCUT2D eigenvalue weighted by Crippen LogP contribution is 2.04. The van der Waals surface area contributed by atoms with Crippen LogP contribution in [0.4, 0.5) is 10.7 Å². The molecule has 0 aliphatic carbocycles. The maximum Gasteiger partial charge on any atom is 0.321 e. The summed E-state index contributed by atoms with van der Waals surface area (Å²) >= 11 is 0. The van der Waals surface area contributed by atoms with Crippen molar-refractivity contribution in [3.63, 3.8) is 0 Å². The third kappa shape index (κ3) is 8.03. The van der Waals surface area contributed by atoms with Crippen LogP contribution in [0.1, 0.15) is 44.2 Å². The lowest BCUT2D eigenvalue weighted by Crippen LogP contribution is -2.31. The van der Waals surface area contributed by atoms with Crippen LogP contribution in [-0.2, 0) is 4.79 Å². The third-order valence-corrected chi connectivity index (χ3v) is 2.99. The van der Waals surface area contributed by atoms with Crippen molar-refractivity contribution in [2.24, 2.45) is 5.73 Å². The summed E-state index contributed by atoms with van der Waals surface area (Å²) in [6.45, 7) is 2.22. The smallest absolute Gasteiger partial charge is 0.321 e. The van der Waals surface area contributed by atoms with E-state index in [1.807, 2.05) is 0 Å². The zero-order chi connectivity index (χ0) is 16.4. The second-order valence-corrected chi connectivity index (χ2v) is 5.10. The number of aromatic amines is 1. The van der Waals surface area contributed by atoms with Gasteiger partial charge >= 0.3 is 6.03 Å². The highest BCUT2D eigenvalue weighted by Gasteiger charge is 2.03. The Morgan fingerprint density at radius 3 is 2.59 bits per heavy atom. The van der Waals surface area contributed by atoms with E-state index in [9.17, 15) is 14.4 Å². The van der Waals surface area contributed by atoms with Gasteiger partial charge in [0, 0.05) is 24.7 Å². The van der Waals surface area contributed by atoms with Crippen molar-refractivity contribution in [3.05, 3.63) is 22.1 Å². The molecule has 122 valence electrons. The fourth-order valence-corrected chi connectivity index (χ4v) is 1.95. The van der Waals surface area contributed by atoms with E-state index in [-0.39, 0.29) is 17.4 Å². The van der Waals surface area contributed by atoms with Crippen molar-refractivity contribution in [1.29, 1.82) is 0 Å². The van der Waals surface area contributed by atoms with Crippen molar-refractivity contribution in [1.82, 2.24) is 15.3 Å². The Balaban J connectivity index is 2.11. The molecule has 0 fully saturated rings. The third-order valence-electron chi connectivity index (χ3n) is 2.99. The standard InChI is InChI=1S/C14H23N5O3/c1-10-9-12(21)18-13(17-10)19-14(22)16-8-6-4-2-3-5-7-11(15)20/h9H,2-8H2,1H3,(H2,15,20)(H3,16,17,18,19,21,22). The first-order chi connectivity index (χ1) is 10.5. The Kier molecular flexibility index (Phi) is 7.66. The van der Waals surface area contributed by atoms with Gasteiger partial charge in [-0.1, -0.05) is 19.3 Å². The van der Waals surface area contributed by atoms with E-state index in [1.54, 1.807) is 6.92 Å². The van der Waals surface area contributed by atoms with Crippen LogP contribution < -0.4 is 21.9 Å². The van der Waals surface area contributed by atoms with Gasteiger partial charge in [-0.25, -0.2) is 9.78 Å². The molecule has 0 unspecified atom stereocenters. The molecule has 3 amide bonds. The van der Waals surface area contributed by atoms with E-state index in [1.165, 1.54) is 6.07 Å². The number of urea groups is 1. The van der Waals surface area contributed by atoms with Crippen LogP contribution >= 0.6 is 0 Å². The van der Waals surface area contributed by atoms with Crippen molar-refractivity contribution < 1.29 is 9.59 Å². The molecule has 0 atom stereocenters. The van der Waals surface area contributed by atoms with Crippen LogP contribution in [0.25, 0.3) is 0 Å². The Bertz CT molecular complexity index is 556. The topological polar surface area (TPSA) is 130 Å². The Hall–Kier alpha value is -2.38. The molecule has 0 saturated carbocycles. The van der Waals surface area contributed by atoms with Gasteiger partial charge in [-0.3, -0.25) is 19.9 Å². The number of anilines is 1. The summed E-state index contributed by atoms with van der Waals surface area (Å²) in [6, 6.07) is 0.948. The highest BCUT2D eigenvalue weighted by molar-refractivity contribution is 5.87. The molecule has 0 aliphatic rings. The lowest BCUT2D eigenvalue weighted by Gasteiger charge is -2.07. The number of hydrogen-bond acceptors (Lipinski definition) is 4. The van der Waals surface area contributed by atoms with Crippen molar-refractivity contribution in [2.75, 3.05) is 11.9 Å². The minimum absolute atomic E-state index is 0.133. The maximum absolute atomic E-state index is 11.6. The molecule has 22 heavy (non-hydrogen) atoms. The fourth-order valence-electron chi connectivity index (χ4n) is 1.95. The molecular formula is C14H23N5O3. The van der Waals surface area contributed by atoms with Gasteiger partial charge < -0.3 is 11.1 Å². The largest absolute Gasteiger partial charge is 0.370 e. The summed E-state index contributed by atoms with van der Waals surface area (Å²) in [5.74, 6) is -0.130. The summed E-state index contributed by atoms with van der Waals surface area (Å²) in [7, 11) is 0. The fraction of sp³-hybridized carbons (Fsp3) is 0.571. The quantitative estimate of drug-likeness (QED) is 0.507. The van der Waals surface area contributed by atoms with E-state index in [0.717, 1.165) is 32.1 Å². The summed E-state index contributed by atoms with van der Waals surface area (Å²) in [5, 5.41) is 5.17. The SMILES string of the molecule is Cc1cc(=O)[nH]c(NC(=O)NCCCCCCCC(N)=O)n1. The van der Waals surface area contributed by atoms with Gasteiger partial charge in [0.2, 0.25) is 11.9 Å². The predicted octanol–water partition coefficient (Wildman–Crippen LogP) is 1.03. The minimum Gasteiger partial charge on any atom is -0.370 e. The molecular weight excluding hydrogens is 286 g/mol. The van der Waals surface area contributed by atoms with Crippen LogP contribution in [0.5, 0.6) is 0 Å². The van der Waals surface area contributed by atoms with E-state index >= 15 is 0 Å². The molecule has 8 heteroatoms. The zero-order valence-corrected chi connectivity index (χ0v) is 12.8. The summed E-state index contributed by atoms with van der Waals surface area (Å²) in [4.78, 5) is 39.8. The number of primary amides is 1. The molecule has 1 aromatic heterocycles. The normalized spacial score (nSPS) is 10.2. The average Bonchev–Trinajstić information content (AvgIpc) is 2.40. The first kappa shape index (κ1) is 17.7. The van der Waals surface area contributed by atoms with Gasteiger partial charge in [-0.05, 0) is 19.8 Å². The number of rotatable bonds is 9. The number of H-pyrrole nitrogens is 1. The second-order valence-electron chi connectivity index (χ2n) is 5.10. The number of aromatic nitrogens is 2. The van der Waals surface area contributed by atoms with Gasteiger partial charge in [0.25, 0.3) is 5.56 Å². The van der Waals surface area contributed by atoms with E-state index in [0.29, 0.717) is 18.7 Å². The van der Waals surface area contributed by atoms with E-state index in [2.05, 4.69) is 20.6 Å². The van der Waals surface area contributed by atoms with Crippen LogP contribution in [0, 0.1) is 6.92 Å². The Morgan fingerprint density at radius 1 is 1.23 bits per heavy atom. The van der Waals surface area contributed by atoms with Crippen LogP contribution in [0.2, 0.25) is 0 Å². The van der Waals surface area contributed by atoms with Gasteiger partial charge in [-0.15, -0.1) is 0 Å². The molecule has 5 N–H and O–H groups in total. The average molecular weight is 309 g/mol. The Morgan fingerprint density at radius 2 is 1.91 bits per heavy atom. The highest BCUT2D eigenvalue weighted by atomic mass is 16.2. The molecule has 0 aromatic carbocycles. The summed E-state index contributed by atoms with van der Waals surface area (Å²) in [6.07, 6.45) is 5.03. The summed E-state index contributed by atoms with van der Waals surface area (Å²) < 4.78 is 0. The number of nitrogens with zero attached hydrogens (tertiary/aromatic N) is 1. The zero-order valence-electron chi connectivity index (χ0n) is 12.8. The summed E-state index contributed by atoms with van der Waals surface area (Å²) in [5.41, 5.74) is 5.28. The number of aryl methyl sites for hydroxylation is 1. The van der Waals surface area contributed by atoms with Gasteiger partial charge in [0.15, 0.2) is 0 Å². The number of amides is 3. The molecule has 0 saturated heterocycles. The minimum atomic E-state index is -0.400. The molecule has 0 spiro atoms. The molecule has 1 heterocycles. The van der Waals surface area contributed by atoms with Gasteiger partial charge in [-0.2, -0.15) is 0 Å². The lowest BCUT2D eigenvalue weighted by atomic mass is 10.1. The molecule has 0 bridgehead atoms. The Labute approximate surface area is 128 Å². The molecule has 1 aromatic rings. The lowest BCUT2D eigenvalue weighted by molar-refractivity contribution is -0.118. The van der Waals surface area contributed by atoms with Crippen LogP contribution in [0.3, 0.4) is 0 Å². The van der Waals surface area contributed by atoms with Crippen molar-refractivity contribution >= 4 is 17.9 Å². The van der Waals surface area contributed by atoms with Crippen molar-refractivity contribution in [2.45, 2.75) is 45.4 Å².